The summed E-state index contributed by atoms with van der Waals surface area (Å²) in [5.74, 6) is 0.385. The first kappa shape index (κ1) is 12.3. The van der Waals surface area contributed by atoms with Gasteiger partial charge in [-0.25, -0.2) is 9.97 Å². The number of fused-ring (bicyclic) bond motifs is 1. The molecule has 0 saturated heterocycles. The van der Waals surface area contributed by atoms with E-state index in [1.807, 2.05) is 25.3 Å². The third-order valence-corrected chi connectivity index (χ3v) is 3.38. The summed E-state index contributed by atoms with van der Waals surface area (Å²) >= 11 is 0. The first-order valence-electron chi connectivity index (χ1n) is 5.78. The molecular formula is C12H17N5O. The van der Waals surface area contributed by atoms with Crippen molar-refractivity contribution < 1.29 is 4.79 Å². The average Bonchev–Trinajstić information content (AvgIpc) is 2.61. The minimum absolute atomic E-state index is 0.0628. The van der Waals surface area contributed by atoms with Crippen molar-refractivity contribution in [3.63, 3.8) is 0 Å². The quantitative estimate of drug-likeness (QED) is 0.826. The van der Waals surface area contributed by atoms with Gasteiger partial charge in [-0.3, -0.25) is 4.79 Å². The molecule has 2 heterocycles. The van der Waals surface area contributed by atoms with E-state index in [2.05, 4.69) is 15.3 Å². The summed E-state index contributed by atoms with van der Waals surface area (Å²) in [6, 6.07) is -0.333. The summed E-state index contributed by atoms with van der Waals surface area (Å²) in [6.45, 7) is 5.75. The molecule has 0 radical (unpaired) electrons. The fourth-order valence-corrected chi connectivity index (χ4v) is 2.25. The number of carbonyl (C=O) groups excluding carboxylic acids is 1. The van der Waals surface area contributed by atoms with Gasteiger partial charge in [0.15, 0.2) is 0 Å². The SMILES string of the molecule is CNC(=O)C(C)n1c(C)c(C)c2c(N)ncnc21. The lowest BCUT2D eigenvalue weighted by atomic mass is 10.2. The maximum absolute atomic E-state index is 11.8. The van der Waals surface area contributed by atoms with Gasteiger partial charge in [0.05, 0.1) is 5.39 Å². The van der Waals surface area contributed by atoms with Gasteiger partial charge in [-0.15, -0.1) is 0 Å². The van der Waals surface area contributed by atoms with Crippen molar-refractivity contribution in [1.82, 2.24) is 19.9 Å². The highest BCUT2D eigenvalue weighted by molar-refractivity contribution is 5.92. The van der Waals surface area contributed by atoms with Crippen molar-refractivity contribution >= 4 is 22.8 Å². The summed E-state index contributed by atoms with van der Waals surface area (Å²) in [6.07, 6.45) is 1.42. The molecule has 2 aromatic rings. The largest absolute Gasteiger partial charge is 0.383 e. The van der Waals surface area contributed by atoms with Crippen LogP contribution in [-0.2, 0) is 4.79 Å². The van der Waals surface area contributed by atoms with Crippen molar-refractivity contribution in [2.45, 2.75) is 26.8 Å². The van der Waals surface area contributed by atoms with Gasteiger partial charge >= 0.3 is 0 Å². The zero-order valence-corrected chi connectivity index (χ0v) is 11.0. The number of nitrogen functional groups attached to an aromatic ring is 1. The number of likely N-dealkylation sites (N-methyl/N-ethyl adjacent to an activating group) is 1. The highest BCUT2D eigenvalue weighted by Crippen LogP contribution is 2.29. The van der Waals surface area contributed by atoms with Gasteiger partial charge in [0.25, 0.3) is 0 Å². The van der Waals surface area contributed by atoms with Gasteiger partial charge < -0.3 is 15.6 Å². The zero-order valence-electron chi connectivity index (χ0n) is 11.0. The Balaban J connectivity index is 2.76. The number of hydrogen-bond acceptors (Lipinski definition) is 4. The van der Waals surface area contributed by atoms with Crippen LogP contribution in [0.25, 0.3) is 11.0 Å². The van der Waals surface area contributed by atoms with Gasteiger partial charge in [-0.1, -0.05) is 0 Å². The Morgan fingerprint density at radius 3 is 2.72 bits per heavy atom. The van der Waals surface area contributed by atoms with Crippen LogP contribution in [0.4, 0.5) is 5.82 Å². The fraction of sp³-hybridized carbons (Fsp3) is 0.417. The second kappa shape index (κ2) is 4.29. The van der Waals surface area contributed by atoms with Gasteiger partial charge in [0, 0.05) is 12.7 Å². The molecular weight excluding hydrogens is 230 g/mol. The molecule has 0 spiro atoms. The molecule has 2 rings (SSSR count). The van der Waals surface area contributed by atoms with Crippen LogP contribution in [0.3, 0.4) is 0 Å². The van der Waals surface area contributed by atoms with Crippen LogP contribution in [-0.4, -0.2) is 27.5 Å². The number of carbonyl (C=O) groups is 1. The topological polar surface area (TPSA) is 85.8 Å². The fourth-order valence-electron chi connectivity index (χ4n) is 2.25. The summed E-state index contributed by atoms with van der Waals surface area (Å²) in [5.41, 5.74) is 8.58. The molecule has 0 fully saturated rings. The summed E-state index contributed by atoms with van der Waals surface area (Å²) in [5, 5.41) is 3.47. The van der Waals surface area contributed by atoms with Gasteiger partial charge in [-0.05, 0) is 26.3 Å². The Morgan fingerprint density at radius 2 is 2.11 bits per heavy atom. The van der Waals surface area contributed by atoms with Crippen LogP contribution in [0.1, 0.15) is 24.2 Å². The van der Waals surface area contributed by atoms with E-state index in [0.717, 1.165) is 16.6 Å². The first-order chi connectivity index (χ1) is 8.49. The summed E-state index contributed by atoms with van der Waals surface area (Å²) in [4.78, 5) is 20.0. The normalized spacial score (nSPS) is 12.7. The molecule has 6 nitrogen and oxygen atoms in total. The predicted molar refractivity (Wildman–Crippen MR) is 70.2 cm³/mol. The van der Waals surface area contributed by atoms with Crippen molar-refractivity contribution in [3.8, 4) is 0 Å². The zero-order chi connectivity index (χ0) is 13.4. The molecule has 0 aliphatic carbocycles. The Bertz CT molecular complexity index is 616. The molecule has 1 atom stereocenters. The molecule has 0 aliphatic heterocycles. The van der Waals surface area contributed by atoms with Gasteiger partial charge in [0.2, 0.25) is 5.91 Å². The second-order valence-corrected chi connectivity index (χ2v) is 4.33. The third-order valence-electron chi connectivity index (χ3n) is 3.38. The number of rotatable bonds is 2. The average molecular weight is 247 g/mol. The van der Waals surface area contributed by atoms with Crippen molar-refractivity contribution in [2.75, 3.05) is 12.8 Å². The van der Waals surface area contributed by atoms with E-state index in [9.17, 15) is 4.79 Å². The second-order valence-electron chi connectivity index (χ2n) is 4.33. The van der Waals surface area contributed by atoms with E-state index in [1.165, 1.54) is 6.33 Å². The third kappa shape index (κ3) is 1.61. The predicted octanol–water partition coefficient (Wildman–Crippen LogP) is 0.937. The summed E-state index contributed by atoms with van der Waals surface area (Å²) in [7, 11) is 1.62. The number of hydrogen-bond donors (Lipinski definition) is 2. The van der Waals surface area contributed by atoms with Crippen LogP contribution in [0.5, 0.6) is 0 Å². The maximum Gasteiger partial charge on any atom is 0.242 e. The highest BCUT2D eigenvalue weighted by atomic mass is 16.2. The lowest BCUT2D eigenvalue weighted by Gasteiger charge is -2.15. The molecule has 18 heavy (non-hydrogen) atoms. The van der Waals surface area contributed by atoms with Crippen LogP contribution < -0.4 is 11.1 Å². The van der Waals surface area contributed by atoms with Crippen LogP contribution in [0, 0.1) is 13.8 Å². The number of nitrogens with one attached hydrogen (secondary N) is 1. The lowest BCUT2D eigenvalue weighted by Crippen LogP contribution is -2.28. The molecule has 96 valence electrons. The van der Waals surface area contributed by atoms with E-state index in [0.29, 0.717) is 11.5 Å². The number of nitrogens with two attached hydrogens (primary N) is 1. The molecule has 3 N–H and O–H groups in total. The number of aryl methyl sites for hydroxylation is 1. The van der Waals surface area contributed by atoms with Gasteiger partial charge in [-0.2, -0.15) is 0 Å². The van der Waals surface area contributed by atoms with E-state index in [-0.39, 0.29) is 11.9 Å². The Labute approximate surface area is 105 Å². The van der Waals surface area contributed by atoms with E-state index in [1.54, 1.807) is 7.05 Å². The van der Waals surface area contributed by atoms with Crippen molar-refractivity contribution in [2.24, 2.45) is 0 Å². The summed E-state index contributed by atoms with van der Waals surface area (Å²) < 4.78 is 1.89. The Hall–Kier alpha value is -2.11. The molecule has 0 aliphatic rings. The monoisotopic (exact) mass is 247 g/mol. The molecule has 0 bridgehead atoms. The number of aromatic nitrogens is 3. The molecule has 1 amide bonds. The van der Waals surface area contributed by atoms with Crippen molar-refractivity contribution in [3.05, 3.63) is 17.6 Å². The van der Waals surface area contributed by atoms with Crippen molar-refractivity contribution in [1.29, 1.82) is 0 Å². The Morgan fingerprint density at radius 1 is 1.44 bits per heavy atom. The van der Waals surface area contributed by atoms with Crippen LogP contribution >= 0.6 is 0 Å². The molecule has 6 heteroatoms. The number of amides is 1. The molecule has 2 aromatic heterocycles. The molecule has 0 aromatic carbocycles. The Kier molecular flexibility index (Phi) is 2.94. The van der Waals surface area contributed by atoms with E-state index >= 15 is 0 Å². The smallest absolute Gasteiger partial charge is 0.242 e. The minimum atomic E-state index is -0.333. The minimum Gasteiger partial charge on any atom is -0.383 e. The maximum atomic E-state index is 11.8. The first-order valence-corrected chi connectivity index (χ1v) is 5.78. The van der Waals surface area contributed by atoms with E-state index in [4.69, 9.17) is 5.73 Å². The standard InChI is InChI=1S/C12H17N5O/c1-6-7(2)17(8(3)12(18)14-4)11-9(6)10(13)15-5-16-11/h5,8H,1-4H3,(H,14,18)(H2,13,15,16). The molecule has 0 saturated carbocycles. The number of nitrogens with zero attached hydrogens (tertiary/aromatic N) is 3. The lowest BCUT2D eigenvalue weighted by molar-refractivity contribution is -0.123. The molecule has 1 unspecified atom stereocenters. The highest BCUT2D eigenvalue weighted by Gasteiger charge is 2.22. The van der Waals surface area contributed by atoms with Crippen LogP contribution in [0.2, 0.25) is 0 Å². The van der Waals surface area contributed by atoms with Gasteiger partial charge in [0.1, 0.15) is 23.8 Å². The number of anilines is 1. The van der Waals surface area contributed by atoms with E-state index < -0.39 is 0 Å². The van der Waals surface area contributed by atoms with Crippen LogP contribution in [0.15, 0.2) is 6.33 Å².